The normalized spacial score (nSPS) is 13.0. The number of carboxylic acid groups (broad SMARTS) is 1. The Morgan fingerprint density at radius 1 is 1.14 bits per heavy atom. The summed E-state index contributed by atoms with van der Waals surface area (Å²) in [7, 11) is -1.86. The summed E-state index contributed by atoms with van der Waals surface area (Å²) in [6, 6.07) is 5.69. The van der Waals surface area contributed by atoms with Gasteiger partial charge in [-0.05, 0) is 38.1 Å². The minimum absolute atomic E-state index is 0.0835. The third-order valence-electron chi connectivity index (χ3n) is 3.37. The van der Waals surface area contributed by atoms with Gasteiger partial charge in [-0.2, -0.15) is 0 Å². The lowest BCUT2D eigenvalue weighted by atomic mass is 10.1. The lowest BCUT2D eigenvalue weighted by molar-refractivity contribution is -0.141. The van der Waals surface area contributed by atoms with Gasteiger partial charge in [0.25, 0.3) is 5.91 Å². The maximum Gasteiger partial charge on any atom is 0.308 e. The predicted octanol–water partition coefficient (Wildman–Crippen LogP) is 1.66. The van der Waals surface area contributed by atoms with Crippen molar-refractivity contribution in [1.29, 1.82) is 0 Å². The van der Waals surface area contributed by atoms with Gasteiger partial charge in [-0.15, -0.1) is 0 Å². The molecule has 0 aliphatic carbocycles. The van der Waals surface area contributed by atoms with Crippen LogP contribution in [0.4, 0.5) is 0 Å². The fraction of sp³-hybridized carbons (Fsp3) is 0.467. The van der Waals surface area contributed by atoms with E-state index in [4.69, 9.17) is 5.11 Å². The van der Waals surface area contributed by atoms with Gasteiger partial charge < -0.3 is 10.0 Å². The molecule has 0 spiro atoms. The van der Waals surface area contributed by atoms with E-state index >= 15 is 0 Å². The van der Waals surface area contributed by atoms with Crippen LogP contribution in [-0.4, -0.2) is 49.1 Å². The van der Waals surface area contributed by atoms with Crippen molar-refractivity contribution in [1.82, 2.24) is 4.90 Å². The van der Waals surface area contributed by atoms with Gasteiger partial charge in [-0.3, -0.25) is 9.59 Å². The van der Waals surface area contributed by atoms with Crippen LogP contribution >= 0.6 is 0 Å². The maximum atomic E-state index is 12.2. The molecule has 0 aromatic heterocycles. The second-order valence-electron chi connectivity index (χ2n) is 5.54. The van der Waals surface area contributed by atoms with Crippen LogP contribution in [0.2, 0.25) is 0 Å². The molecular weight excluding hydrogens is 306 g/mol. The molecule has 1 rings (SSSR count). The standard InChI is InChI=1S/C15H21NO5S/c1-10(2)22(20,21)13-7-5-12(6-8-13)14(17)16(4)9-11(3)15(18)19/h5-8,10-11H,9H2,1-4H3,(H,18,19). The van der Waals surface area contributed by atoms with E-state index in [0.717, 1.165) is 0 Å². The van der Waals surface area contributed by atoms with Crippen LogP contribution in [0.3, 0.4) is 0 Å². The Bertz CT molecular complexity index is 649. The predicted molar refractivity (Wildman–Crippen MR) is 82.5 cm³/mol. The highest BCUT2D eigenvalue weighted by atomic mass is 32.2. The van der Waals surface area contributed by atoms with Crippen molar-refractivity contribution < 1.29 is 23.1 Å². The quantitative estimate of drug-likeness (QED) is 0.858. The first-order chi connectivity index (χ1) is 10.1. The summed E-state index contributed by atoms with van der Waals surface area (Å²) in [5.41, 5.74) is 0.322. The molecule has 1 amide bonds. The molecule has 0 saturated heterocycles. The molecule has 1 N–H and O–H groups in total. The van der Waals surface area contributed by atoms with Gasteiger partial charge in [0.2, 0.25) is 0 Å². The largest absolute Gasteiger partial charge is 0.481 e. The molecule has 1 aromatic rings. The lowest BCUT2D eigenvalue weighted by Crippen LogP contribution is -2.33. The molecule has 6 nitrogen and oxygen atoms in total. The Kier molecular flexibility index (Phi) is 5.71. The summed E-state index contributed by atoms with van der Waals surface area (Å²) in [4.78, 5) is 24.5. The summed E-state index contributed by atoms with van der Waals surface area (Å²) in [5, 5.41) is 8.32. The minimum Gasteiger partial charge on any atom is -0.481 e. The fourth-order valence-corrected chi connectivity index (χ4v) is 2.91. The highest BCUT2D eigenvalue weighted by molar-refractivity contribution is 7.92. The van der Waals surface area contributed by atoms with Crippen molar-refractivity contribution in [3.63, 3.8) is 0 Å². The number of nitrogens with zero attached hydrogens (tertiary/aromatic N) is 1. The zero-order valence-electron chi connectivity index (χ0n) is 13.1. The SMILES string of the molecule is CC(CN(C)C(=O)c1ccc(S(=O)(=O)C(C)C)cc1)C(=O)O. The van der Waals surface area contributed by atoms with Crippen LogP contribution in [0.15, 0.2) is 29.2 Å². The van der Waals surface area contributed by atoms with Gasteiger partial charge >= 0.3 is 5.97 Å². The Labute approximate surface area is 130 Å². The summed E-state index contributed by atoms with van der Waals surface area (Å²) >= 11 is 0. The number of rotatable bonds is 6. The molecule has 0 heterocycles. The third kappa shape index (κ3) is 4.07. The zero-order valence-corrected chi connectivity index (χ0v) is 13.9. The van der Waals surface area contributed by atoms with Crippen LogP contribution in [0.25, 0.3) is 0 Å². The number of sulfone groups is 1. The van der Waals surface area contributed by atoms with E-state index in [9.17, 15) is 18.0 Å². The number of carbonyl (C=O) groups is 2. The molecule has 7 heteroatoms. The molecule has 1 aromatic carbocycles. The first-order valence-electron chi connectivity index (χ1n) is 6.89. The monoisotopic (exact) mass is 327 g/mol. The van der Waals surface area contributed by atoms with E-state index < -0.39 is 27.0 Å². The van der Waals surface area contributed by atoms with Crippen molar-refractivity contribution in [2.24, 2.45) is 5.92 Å². The Hall–Kier alpha value is -1.89. The van der Waals surface area contributed by atoms with Gasteiger partial charge in [0.05, 0.1) is 16.1 Å². The van der Waals surface area contributed by atoms with Crippen LogP contribution in [-0.2, 0) is 14.6 Å². The van der Waals surface area contributed by atoms with Crippen LogP contribution in [0.5, 0.6) is 0 Å². The number of carbonyl (C=O) groups excluding carboxylic acids is 1. The summed E-state index contributed by atoms with van der Waals surface area (Å²) < 4.78 is 24.0. The van der Waals surface area contributed by atoms with Crippen molar-refractivity contribution in [2.75, 3.05) is 13.6 Å². The number of aliphatic carboxylic acids is 1. The average Bonchev–Trinajstić information content (AvgIpc) is 2.46. The number of amides is 1. The Morgan fingerprint density at radius 3 is 2.05 bits per heavy atom. The van der Waals surface area contributed by atoms with Crippen LogP contribution in [0, 0.1) is 5.92 Å². The lowest BCUT2D eigenvalue weighted by Gasteiger charge is -2.19. The van der Waals surface area contributed by atoms with Crippen molar-refractivity contribution in [3.8, 4) is 0 Å². The highest BCUT2D eigenvalue weighted by Gasteiger charge is 2.21. The molecule has 0 saturated carbocycles. The van der Waals surface area contributed by atoms with E-state index in [-0.39, 0.29) is 17.3 Å². The first kappa shape index (κ1) is 18.2. The van der Waals surface area contributed by atoms with E-state index in [1.165, 1.54) is 43.1 Å². The van der Waals surface area contributed by atoms with Crippen molar-refractivity contribution in [3.05, 3.63) is 29.8 Å². The van der Waals surface area contributed by atoms with Gasteiger partial charge in [0.1, 0.15) is 0 Å². The number of hydrogen-bond acceptors (Lipinski definition) is 4. The molecule has 1 unspecified atom stereocenters. The molecule has 22 heavy (non-hydrogen) atoms. The van der Waals surface area contributed by atoms with Gasteiger partial charge in [-0.1, -0.05) is 6.92 Å². The number of hydrogen-bond donors (Lipinski definition) is 1. The smallest absolute Gasteiger partial charge is 0.308 e. The van der Waals surface area contributed by atoms with Gasteiger partial charge in [0, 0.05) is 19.2 Å². The van der Waals surface area contributed by atoms with Crippen LogP contribution in [0.1, 0.15) is 31.1 Å². The highest BCUT2D eigenvalue weighted by Crippen LogP contribution is 2.17. The second kappa shape index (κ2) is 6.91. The zero-order chi connectivity index (χ0) is 17.1. The Balaban J connectivity index is 2.91. The van der Waals surface area contributed by atoms with E-state index in [1.807, 2.05) is 0 Å². The summed E-state index contributed by atoms with van der Waals surface area (Å²) in [5.74, 6) is -1.99. The molecular formula is C15H21NO5S. The van der Waals surface area contributed by atoms with Crippen LogP contribution < -0.4 is 0 Å². The van der Waals surface area contributed by atoms with E-state index in [1.54, 1.807) is 13.8 Å². The van der Waals surface area contributed by atoms with E-state index in [2.05, 4.69) is 0 Å². The summed E-state index contributed by atoms with van der Waals surface area (Å²) in [6.45, 7) is 4.79. The average molecular weight is 327 g/mol. The molecule has 0 radical (unpaired) electrons. The molecule has 0 aliphatic heterocycles. The molecule has 0 aliphatic rings. The summed E-state index contributed by atoms with van der Waals surface area (Å²) in [6.07, 6.45) is 0. The Morgan fingerprint density at radius 2 is 1.64 bits per heavy atom. The third-order valence-corrected chi connectivity index (χ3v) is 5.54. The first-order valence-corrected chi connectivity index (χ1v) is 8.44. The minimum atomic E-state index is -3.37. The topological polar surface area (TPSA) is 91.8 Å². The number of carboxylic acids is 1. The van der Waals surface area contributed by atoms with Crippen molar-refractivity contribution >= 4 is 21.7 Å². The number of benzene rings is 1. The maximum absolute atomic E-state index is 12.2. The molecule has 122 valence electrons. The van der Waals surface area contributed by atoms with Gasteiger partial charge in [-0.25, -0.2) is 8.42 Å². The van der Waals surface area contributed by atoms with Crippen molar-refractivity contribution in [2.45, 2.75) is 30.9 Å². The molecule has 0 bridgehead atoms. The van der Waals surface area contributed by atoms with Gasteiger partial charge in [0.15, 0.2) is 9.84 Å². The fourth-order valence-electron chi connectivity index (χ4n) is 1.85. The molecule has 0 fully saturated rings. The van der Waals surface area contributed by atoms with E-state index in [0.29, 0.717) is 5.56 Å². The second-order valence-corrected chi connectivity index (χ2v) is 8.05. The molecule has 1 atom stereocenters.